The van der Waals surface area contributed by atoms with Gasteiger partial charge in [-0.3, -0.25) is 28.3 Å². The summed E-state index contributed by atoms with van der Waals surface area (Å²) in [6.07, 6.45) is -0.0656. The maximum atomic E-state index is 13.4. The summed E-state index contributed by atoms with van der Waals surface area (Å²) in [7, 11) is -1.77. The van der Waals surface area contributed by atoms with Crippen LogP contribution in [0.4, 0.5) is 0 Å². The number of β-lactam (4-membered cyclic amide) rings is 1. The van der Waals surface area contributed by atoms with Gasteiger partial charge < -0.3 is 10.1 Å². The first-order chi connectivity index (χ1) is 15.5. The van der Waals surface area contributed by atoms with Crippen molar-refractivity contribution in [1.29, 1.82) is 0 Å². The van der Waals surface area contributed by atoms with E-state index in [2.05, 4.69) is 5.32 Å². The second kappa shape index (κ2) is 9.78. The van der Waals surface area contributed by atoms with E-state index < -0.39 is 51.2 Å². The lowest BCUT2D eigenvalue weighted by molar-refractivity contribution is -0.153. The van der Waals surface area contributed by atoms with E-state index in [9.17, 15) is 28.2 Å². The van der Waals surface area contributed by atoms with Gasteiger partial charge in [-0.2, -0.15) is 0 Å². The minimum atomic E-state index is -1.77. The number of rotatable bonds is 8. The van der Waals surface area contributed by atoms with Crippen molar-refractivity contribution in [3.8, 4) is 0 Å². The molecule has 0 bridgehead atoms. The molecule has 1 aromatic carbocycles. The van der Waals surface area contributed by atoms with Crippen molar-refractivity contribution in [3.05, 3.63) is 47.2 Å². The number of carbonyl (C=O) groups is 5. The van der Waals surface area contributed by atoms with Crippen molar-refractivity contribution in [1.82, 2.24) is 10.2 Å². The van der Waals surface area contributed by atoms with Crippen LogP contribution in [-0.4, -0.2) is 55.1 Å². The van der Waals surface area contributed by atoms with Gasteiger partial charge in [0.25, 0.3) is 5.91 Å². The fourth-order valence-corrected chi connectivity index (χ4v) is 6.18. The molecule has 1 aromatic rings. The van der Waals surface area contributed by atoms with Crippen LogP contribution < -0.4 is 5.32 Å². The largest absolute Gasteiger partial charge is 0.456 e. The number of carbonyl (C=O) groups excluding carboxylic acids is 5. The summed E-state index contributed by atoms with van der Waals surface area (Å²) < 4.78 is 18.8. The van der Waals surface area contributed by atoms with Gasteiger partial charge in [-0.15, -0.1) is 0 Å². The Balaban J connectivity index is 1.97. The summed E-state index contributed by atoms with van der Waals surface area (Å²) >= 11 is 0. The van der Waals surface area contributed by atoms with Crippen LogP contribution >= 0.6 is 0 Å². The van der Waals surface area contributed by atoms with Crippen molar-refractivity contribution in [2.75, 3.05) is 0 Å². The number of esters is 1. The first-order valence-electron chi connectivity index (χ1n) is 10.5. The van der Waals surface area contributed by atoms with Crippen molar-refractivity contribution in [3.63, 3.8) is 0 Å². The highest BCUT2D eigenvalue weighted by atomic mass is 32.2. The molecule has 0 aliphatic carbocycles. The molecule has 10 heteroatoms. The van der Waals surface area contributed by atoms with Crippen LogP contribution in [0.15, 0.2) is 41.6 Å². The van der Waals surface area contributed by atoms with Gasteiger partial charge in [0.05, 0.1) is 22.0 Å². The zero-order chi connectivity index (χ0) is 24.4. The third-order valence-electron chi connectivity index (χ3n) is 5.86. The molecule has 0 saturated carbocycles. The van der Waals surface area contributed by atoms with Crippen molar-refractivity contribution < 1.29 is 32.9 Å². The lowest BCUT2D eigenvalue weighted by Gasteiger charge is -2.51. The van der Waals surface area contributed by atoms with E-state index in [1.54, 1.807) is 31.2 Å². The second-order valence-corrected chi connectivity index (χ2v) is 9.91. The Hall–Kier alpha value is -3.14. The van der Waals surface area contributed by atoms with Crippen LogP contribution in [0.3, 0.4) is 0 Å². The predicted octanol–water partition coefficient (Wildman–Crippen LogP) is 0.992. The van der Waals surface area contributed by atoms with Crippen LogP contribution in [0.5, 0.6) is 0 Å². The molecule has 1 N–H and O–H groups in total. The summed E-state index contributed by atoms with van der Waals surface area (Å²) in [6, 6.07) is 7.91. The molecule has 4 atom stereocenters. The van der Waals surface area contributed by atoms with E-state index in [-0.39, 0.29) is 30.3 Å². The lowest BCUT2D eigenvalue weighted by atomic mass is 9.91. The Morgan fingerprint density at radius 2 is 1.70 bits per heavy atom. The average molecular weight is 475 g/mol. The quantitative estimate of drug-likeness (QED) is 0.338. The van der Waals surface area contributed by atoms with E-state index in [1.165, 1.54) is 20.8 Å². The van der Waals surface area contributed by atoms with Crippen LogP contribution in [-0.2, 0) is 46.1 Å². The first-order valence-corrected chi connectivity index (χ1v) is 11.7. The highest BCUT2D eigenvalue weighted by Crippen LogP contribution is 2.40. The molecule has 0 radical (unpaired) electrons. The molecule has 3 rings (SSSR count). The molecule has 2 heterocycles. The molecule has 176 valence electrons. The Bertz CT molecular complexity index is 1050. The number of hydrogen-bond acceptors (Lipinski definition) is 7. The van der Waals surface area contributed by atoms with Crippen LogP contribution in [0, 0.1) is 5.92 Å². The standard InChI is InChI=1S/C23H26N2O7S/c1-12-18(10-17(13(2)26)14(3)27)33(31)22-19(24-15(4)28)21(29)25(22)20(12)23(30)32-11-16-8-6-5-7-9-16/h5-9,17-19,22H,10-11H2,1-4H3,(H,24,28)/t18?,19?,22-,33?/m0/s1. The number of fused-ring (bicyclic) bond motifs is 1. The summed E-state index contributed by atoms with van der Waals surface area (Å²) in [5.74, 6) is -3.55. The first kappa shape index (κ1) is 24.5. The molecule has 9 nitrogen and oxygen atoms in total. The van der Waals surface area contributed by atoms with Gasteiger partial charge in [-0.25, -0.2) is 4.79 Å². The summed E-state index contributed by atoms with van der Waals surface area (Å²) in [5, 5.41) is 0.647. The summed E-state index contributed by atoms with van der Waals surface area (Å²) in [6.45, 7) is 5.32. The van der Waals surface area contributed by atoms with E-state index >= 15 is 0 Å². The molecule has 2 aliphatic rings. The number of nitrogens with one attached hydrogen (secondary N) is 1. The van der Waals surface area contributed by atoms with Gasteiger partial charge in [-0.1, -0.05) is 30.3 Å². The van der Waals surface area contributed by atoms with Gasteiger partial charge in [-0.05, 0) is 38.3 Å². The van der Waals surface area contributed by atoms with Crippen LogP contribution in [0.2, 0.25) is 0 Å². The molecule has 0 spiro atoms. The summed E-state index contributed by atoms with van der Waals surface area (Å²) in [4.78, 5) is 62.6. The number of amides is 2. The van der Waals surface area contributed by atoms with Gasteiger partial charge in [0.1, 0.15) is 35.3 Å². The number of hydrogen-bond donors (Lipinski definition) is 1. The number of ketones is 2. The third kappa shape index (κ3) is 4.80. The molecule has 2 aliphatic heterocycles. The lowest BCUT2D eigenvalue weighted by Crippen LogP contribution is -2.74. The van der Waals surface area contributed by atoms with Gasteiger partial charge in [0.15, 0.2) is 0 Å². The summed E-state index contributed by atoms with van der Waals surface area (Å²) in [5.41, 5.74) is 0.999. The van der Waals surface area contributed by atoms with Gasteiger partial charge >= 0.3 is 5.97 Å². The third-order valence-corrected chi connectivity index (χ3v) is 7.92. The van der Waals surface area contributed by atoms with Crippen LogP contribution in [0.25, 0.3) is 0 Å². The van der Waals surface area contributed by atoms with E-state index in [0.29, 0.717) is 5.57 Å². The highest BCUT2D eigenvalue weighted by Gasteiger charge is 2.59. The number of ether oxygens (including phenoxy) is 1. The second-order valence-electron chi connectivity index (χ2n) is 8.20. The van der Waals surface area contributed by atoms with E-state index in [0.717, 1.165) is 10.5 Å². The maximum Gasteiger partial charge on any atom is 0.355 e. The minimum Gasteiger partial charge on any atom is -0.456 e. The van der Waals surface area contributed by atoms with Gasteiger partial charge in [0, 0.05) is 6.92 Å². The average Bonchev–Trinajstić information content (AvgIpc) is 2.75. The van der Waals surface area contributed by atoms with Crippen molar-refractivity contribution >= 4 is 40.1 Å². The minimum absolute atomic E-state index is 0.0322. The molecule has 2 amide bonds. The smallest absolute Gasteiger partial charge is 0.355 e. The van der Waals surface area contributed by atoms with Crippen molar-refractivity contribution in [2.24, 2.45) is 5.92 Å². The normalized spacial score (nSPS) is 24.2. The topological polar surface area (TPSA) is 127 Å². The van der Waals surface area contributed by atoms with E-state index in [4.69, 9.17) is 4.74 Å². The van der Waals surface area contributed by atoms with Crippen LogP contribution in [0.1, 0.15) is 39.7 Å². The Labute approximate surface area is 194 Å². The Morgan fingerprint density at radius 1 is 1.09 bits per heavy atom. The Kier molecular flexibility index (Phi) is 7.26. The molecule has 1 fully saturated rings. The number of nitrogens with zero attached hydrogens (tertiary/aromatic N) is 1. The molecule has 0 aromatic heterocycles. The fraction of sp³-hybridized carbons (Fsp3) is 0.435. The molecule has 1 saturated heterocycles. The number of benzene rings is 1. The number of Topliss-reactive ketones (excluding diaryl/α,β-unsaturated/α-hetero) is 2. The van der Waals surface area contributed by atoms with Crippen molar-refractivity contribution in [2.45, 2.75) is 57.4 Å². The molecule has 33 heavy (non-hydrogen) atoms. The zero-order valence-corrected chi connectivity index (χ0v) is 19.6. The van der Waals surface area contributed by atoms with E-state index in [1.807, 2.05) is 6.07 Å². The maximum absolute atomic E-state index is 13.4. The molecular weight excluding hydrogens is 448 g/mol. The highest BCUT2D eigenvalue weighted by molar-refractivity contribution is 7.86. The van der Waals surface area contributed by atoms with Gasteiger partial charge in [0.2, 0.25) is 5.91 Å². The fourth-order valence-electron chi connectivity index (χ4n) is 4.13. The molecule has 3 unspecified atom stereocenters. The zero-order valence-electron chi connectivity index (χ0n) is 18.8. The molecular formula is C23H26N2O7S. The predicted molar refractivity (Wildman–Crippen MR) is 119 cm³/mol. The monoisotopic (exact) mass is 474 g/mol. The Morgan fingerprint density at radius 3 is 2.24 bits per heavy atom. The SMILES string of the molecule is CC(=O)NC1C(=O)N2C(C(=O)OCc3ccccc3)=C(C)C(CC(C(C)=O)C(C)=O)S(=O)[C@@H]12.